The molecule has 0 aliphatic rings. The highest BCUT2D eigenvalue weighted by Gasteiger charge is 2.06. The average Bonchev–Trinajstić information content (AvgIpc) is 2.64. The molecule has 0 heterocycles. The standard InChI is InChI=1S/C21H30N4/c1-17(10-11-18-8-6-5-7-9-18)24-21(22-2)23-16-19-12-14-20(15-13-19)25(3)4/h5-9,12-15,17H,10-11,16H2,1-4H3,(H2,22,23,24). The summed E-state index contributed by atoms with van der Waals surface area (Å²) in [4.78, 5) is 6.43. The maximum atomic E-state index is 4.33. The van der Waals surface area contributed by atoms with Crippen molar-refractivity contribution < 1.29 is 0 Å². The molecule has 0 aliphatic carbocycles. The number of guanidine groups is 1. The SMILES string of the molecule is CN=C(NCc1ccc(N(C)C)cc1)NC(C)CCc1ccccc1. The minimum Gasteiger partial charge on any atom is -0.378 e. The van der Waals surface area contributed by atoms with Crippen LogP contribution < -0.4 is 15.5 Å². The summed E-state index contributed by atoms with van der Waals surface area (Å²) in [5.74, 6) is 0.845. The maximum Gasteiger partial charge on any atom is 0.191 e. The second kappa shape index (κ2) is 9.72. The summed E-state index contributed by atoms with van der Waals surface area (Å²) in [6.45, 7) is 2.96. The van der Waals surface area contributed by atoms with Crippen LogP contribution in [0.25, 0.3) is 0 Å². The number of aryl methyl sites for hydroxylation is 1. The summed E-state index contributed by atoms with van der Waals surface area (Å²) < 4.78 is 0. The number of rotatable bonds is 7. The van der Waals surface area contributed by atoms with Gasteiger partial charge in [-0.3, -0.25) is 4.99 Å². The Morgan fingerprint density at radius 3 is 2.28 bits per heavy atom. The first-order valence-corrected chi connectivity index (χ1v) is 8.86. The van der Waals surface area contributed by atoms with Crippen LogP contribution in [0.2, 0.25) is 0 Å². The number of nitrogens with one attached hydrogen (secondary N) is 2. The number of anilines is 1. The van der Waals surface area contributed by atoms with Gasteiger partial charge in [0.15, 0.2) is 5.96 Å². The van der Waals surface area contributed by atoms with Gasteiger partial charge in [-0.05, 0) is 43.0 Å². The Morgan fingerprint density at radius 2 is 1.68 bits per heavy atom. The molecule has 0 bridgehead atoms. The molecule has 2 N–H and O–H groups in total. The molecule has 4 nitrogen and oxygen atoms in total. The zero-order chi connectivity index (χ0) is 18.1. The van der Waals surface area contributed by atoms with Crippen LogP contribution >= 0.6 is 0 Å². The van der Waals surface area contributed by atoms with Gasteiger partial charge < -0.3 is 15.5 Å². The first-order valence-electron chi connectivity index (χ1n) is 8.86. The molecule has 1 atom stereocenters. The van der Waals surface area contributed by atoms with E-state index in [0.717, 1.165) is 25.3 Å². The Hall–Kier alpha value is -2.49. The summed E-state index contributed by atoms with van der Waals surface area (Å²) in [5.41, 5.74) is 3.83. The number of benzene rings is 2. The molecule has 0 amide bonds. The first-order chi connectivity index (χ1) is 12.1. The highest BCUT2D eigenvalue weighted by Crippen LogP contribution is 2.12. The minimum absolute atomic E-state index is 0.363. The zero-order valence-corrected chi connectivity index (χ0v) is 15.8. The molecule has 4 heteroatoms. The summed E-state index contributed by atoms with van der Waals surface area (Å²) in [7, 11) is 5.92. The molecule has 134 valence electrons. The highest BCUT2D eigenvalue weighted by molar-refractivity contribution is 5.79. The zero-order valence-electron chi connectivity index (χ0n) is 15.8. The topological polar surface area (TPSA) is 39.7 Å². The van der Waals surface area contributed by atoms with Gasteiger partial charge in [-0.25, -0.2) is 0 Å². The van der Waals surface area contributed by atoms with Crippen molar-refractivity contribution in [2.24, 2.45) is 4.99 Å². The molecule has 1 unspecified atom stereocenters. The minimum atomic E-state index is 0.363. The van der Waals surface area contributed by atoms with E-state index >= 15 is 0 Å². The van der Waals surface area contributed by atoms with Gasteiger partial charge in [-0.15, -0.1) is 0 Å². The van der Waals surface area contributed by atoms with E-state index in [1.54, 1.807) is 0 Å². The normalized spacial score (nSPS) is 12.6. The molecule has 0 saturated heterocycles. The molecule has 0 aromatic heterocycles. The van der Waals surface area contributed by atoms with Gasteiger partial charge in [-0.2, -0.15) is 0 Å². The van der Waals surface area contributed by atoms with Gasteiger partial charge in [0.2, 0.25) is 0 Å². The van der Waals surface area contributed by atoms with Crippen molar-refractivity contribution in [3.63, 3.8) is 0 Å². The van der Waals surface area contributed by atoms with E-state index in [1.807, 2.05) is 7.05 Å². The molecule has 0 radical (unpaired) electrons. The van der Waals surface area contributed by atoms with E-state index in [0.29, 0.717) is 6.04 Å². The van der Waals surface area contributed by atoms with Crippen molar-refractivity contribution in [1.29, 1.82) is 0 Å². The fourth-order valence-corrected chi connectivity index (χ4v) is 2.63. The Kier molecular flexibility index (Phi) is 7.33. The quantitative estimate of drug-likeness (QED) is 0.600. The summed E-state index contributed by atoms with van der Waals surface area (Å²) in [6.07, 6.45) is 2.14. The third-order valence-corrected chi connectivity index (χ3v) is 4.23. The lowest BCUT2D eigenvalue weighted by atomic mass is 10.1. The van der Waals surface area contributed by atoms with Crippen LogP contribution in [0.3, 0.4) is 0 Å². The molecule has 0 aliphatic heterocycles. The van der Waals surface area contributed by atoms with E-state index < -0.39 is 0 Å². The van der Waals surface area contributed by atoms with Gasteiger partial charge in [-0.1, -0.05) is 42.5 Å². The van der Waals surface area contributed by atoms with E-state index in [1.165, 1.54) is 16.8 Å². The molecule has 2 rings (SSSR count). The van der Waals surface area contributed by atoms with Gasteiger partial charge in [0, 0.05) is 39.4 Å². The smallest absolute Gasteiger partial charge is 0.191 e. The fourth-order valence-electron chi connectivity index (χ4n) is 2.63. The lowest BCUT2D eigenvalue weighted by Gasteiger charge is -2.18. The lowest BCUT2D eigenvalue weighted by Crippen LogP contribution is -2.42. The average molecular weight is 338 g/mol. The molecule has 2 aromatic carbocycles. The summed E-state index contributed by atoms with van der Waals surface area (Å²) >= 11 is 0. The van der Waals surface area contributed by atoms with Crippen LogP contribution in [0.15, 0.2) is 59.6 Å². The van der Waals surface area contributed by atoms with Crippen molar-refractivity contribution in [1.82, 2.24) is 10.6 Å². The number of hydrogen-bond acceptors (Lipinski definition) is 2. The van der Waals surface area contributed by atoms with Crippen LogP contribution in [-0.2, 0) is 13.0 Å². The van der Waals surface area contributed by atoms with Crippen molar-refractivity contribution in [2.75, 3.05) is 26.0 Å². The number of nitrogens with zero attached hydrogens (tertiary/aromatic N) is 2. The predicted octanol–water partition coefficient (Wildman–Crippen LogP) is 3.44. The van der Waals surface area contributed by atoms with Crippen LogP contribution in [0.4, 0.5) is 5.69 Å². The van der Waals surface area contributed by atoms with E-state index in [2.05, 4.69) is 96.1 Å². The van der Waals surface area contributed by atoms with E-state index in [4.69, 9.17) is 0 Å². The maximum absolute atomic E-state index is 4.33. The summed E-state index contributed by atoms with van der Waals surface area (Å²) in [5, 5.41) is 6.86. The Bertz CT molecular complexity index is 647. The second-order valence-electron chi connectivity index (χ2n) is 6.56. The Morgan fingerprint density at radius 1 is 1.00 bits per heavy atom. The Balaban J connectivity index is 1.77. The predicted molar refractivity (Wildman–Crippen MR) is 108 cm³/mol. The second-order valence-corrected chi connectivity index (χ2v) is 6.56. The molecule has 0 fully saturated rings. The fraction of sp³-hybridized carbons (Fsp3) is 0.381. The lowest BCUT2D eigenvalue weighted by molar-refractivity contribution is 0.593. The molecule has 0 saturated carbocycles. The first kappa shape index (κ1) is 18.8. The molecular formula is C21H30N4. The molecule has 0 spiro atoms. The van der Waals surface area contributed by atoms with Crippen molar-refractivity contribution in [2.45, 2.75) is 32.4 Å². The number of hydrogen-bond donors (Lipinski definition) is 2. The third kappa shape index (κ3) is 6.49. The van der Waals surface area contributed by atoms with Crippen LogP contribution in [0, 0.1) is 0 Å². The van der Waals surface area contributed by atoms with Crippen LogP contribution in [-0.4, -0.2) is 33.1 Å². The summed E-state index contributed by atoms with van der Waals surface area (Å²) in [6, 6.07) is 19.5. The number of aliphatic imine (C=N–C) groups is 1. The van der Waals surface area contributed by atoms with Crippen LogP contribution in [0.5, 0.6) is 0 Å². The van der Waals surface area contributed by atoms with Gasteiger partial charge in [0.1, 0.15) is 0 Å². The van der Waals surface area contributed by atoms with Crippen molar-refractivity contribution >= 4 is 11.6 Å². The van der Waals surface area contributed by atoms with Gasteiger partial charge in [0.25, 0.3) is 0 Å². The molecular weight excluding hydrogens is 308 g/mol. The van der Waals surface area contributed by atoms with E-state index in [-0.39, 0.29) is 0 Å². The van der Waals surface area contributed by atoms with E-state index in [9.17, 15) is 0 Å². The monoisotopic (exact) mass is 338 g/mol. The van der Waals surface area contributed by atoms with Crippen LogP contribution in [0.1, 0.15) is 24.5 Å². The largest absolute Gasteiger partial charge is 0.378 e. The Labute approximate surface area is 152 Å². The van der Waals surface area contributed by atoms with Crippen molar-refractivity contribution in [3.05, 3.63) is 65.7 Å². The molecule has 25 heavy (non-hydrogen) atoms. The highest BCUT2D eigenvalue weighted by atomic mass is 15.2. The van der Waals surface area contributed by atoms with Gasteiger partial charge in [0.05, 0.1) is 0 Å². The third-order valence-electron chi connectivity index (χ3n) is 4.23. The van der Waals surface area contributed by atoms with Crippen molar-refractivity contribution in [3.8, 4) is 0 Å². The molecule has 2 aromatic rings. The van der Waals surface area contributed by atoms with Gasteiger partial charge >= 0.3 is 0 Å².